The highest BCUT2D eigenvalue weighted by Gasteiger charge is 2.22. The Kier molecular flexibility index (Phi) is 3.52. The number of rotatable bonds is 3. The molecular weight excluding hydrogens is 257 g/mol. The lowest BCUT2D eigenvalue weighted by molar-refractivity contribution is 0.298. The van der Waals surface area contributed by atoms with Crippen molar-refractivity contribution in [2.45, 2.75) is 25.7 Å². The molecule has 2 rings (SSSR count). The molecule has 0 radical (unpaired) electrons. The lowest BCUT2D eigenvalue weighted by Gasteiger charge is -2.22. The first-order valence-electron chi connectivity index (χ1n) is 5.69. The van der Waals surface area contributed by atoms with Crippen LogP contribution in [0.2, 0.25) is 0 Å². The lowest BCUT2D eigenvalue weighted by atomic mass is 9.89. The Labute approximate surface area is 105 Å². The predicted molar refractivity (Wildman–Crippen MR) is 66.7 cm³/mol. The molecule has 0 aromatic heterocycles. The molecule has 5 N–H and O–H groups in total. The monoisotopic (exact) mass is 273 g/mol. The fraction of sp³-hybridized carbons (Fsp3) is 0.455. The van der Waals surface area contributed by atoms with Gasteiger partial charge in [0.15, 0.2) is 6.35 Å². The molecular formula is C11H16NO5P. The highest BCUT2D eigenvalue weighted by Crippen LogP contribution is 2.42. The Hall–Kier alpha value is -1.23. The molecule has 1 aliphatic carbocycles. The molecule has 0 saturated carbocycles. The second-order valence-corrected chi connectivity index (χ2v) is 6.00. The number of phenolic OH excluding ortho intramolecular Hbond substituents is 1. The van der Waals surface area contributed by atoms with Crippen LogP contribution >= 0.6 is 7.60 Å². The summed E-state index contributed by atoms with van der Waals surface area (Å²) in [6.07, 6.45) is 2.67. The van der Waals surface area contributed by atoms with Crippen molar-refractivity contribution in [1.29, 1.82) is 0 Å². The number of benzene rings is 1. The van der Waals surface area contributed by atoms with E-state index in [2.05, 4.69) is 0 Å². The topological polar surface area (TPSA) is 113 Å². The molecule has 0 amide bonds. The molecule has 6 nitrogen and oxygen atoms in total. The summed E-state index contributed by atoms with van der Waals surface area (Å²) in [7, 11) is -4.22. The number of nitrogen functional groups attached to an aromatic ring is 1. The van der Waals surface area contributed by atoms with Crippen LogP contribution in [0.4, 0.5) is 5.69 Å². The molecule has 1 aromatic carbocycles. The molecule has 0 bridgehead atoms. The summed E-state index contributed by atoms with van der Waals surface area (Å²) in [5, 5.41) is 9.86. The summed E-state index contributed by atoms with van der Waals surface area (Å²) in [6, 6.07) is 1.43. The minimum absolute atomic E-state index is 0.0632. The van der Waals surface area contributed by atoms with Crippen LogP contribution < -0.4 is 10.5 Å². The molecule has 1 aliphatic rings. The second-order valence-electron chi connectivity index (χ2n) is 4.41. The van der Waals surface area contributed by atoms with Crippen LogP contribution in [-0.2, 0) is 17.4 Å². The van der Waals surface area contributed by atoms with Gasteiger partial charge in [-0.05, 0) is 25.7 Å². The van der Waals surface area contributed by atoms with E-state index >= 15 is 0 Å². The fourth-order valence-corrected chi connectivity index (χ4v) is 2.50. The average molecular weight is 273 g/mol. The van der Waals surface area contributed by atoms with Crippen molar-refractivity contribution >= 4 is 13.3 Å². The van der Waals surface area contributed by atoms with Crippen molar-refractivity contribution in [2.24, 2.45) is 0 Å². The van der Waals surface area contributed by atoms with E-state index in [1.807, 2.05) is 0 Å². The van der Waals surface area contributed by atoms with Gasteiger partial charge in [-0.15, -0.1) is 0 Å². The van der Waals surface area contributed by atoms with Crippen LogP contribution in [0.3, 0.4) is 0 Å². The summed E-state index contributed by atoms with van der Waals surface area (Å²) in [5.74, 6) is 0.427. The van der Waals surface area contributed by atoms with E-state index in [1.165, 1.54) is 6.07 Å². The van der Waals surface area contributed by atoms with Gasteiger partial charge in [-0.25, -0.2) is 0 Å². The van der Waals surface area contributed by atoms with Crippen molar-refractivity contribution in [3.63, 3.8) is 0 Å². The van der Waals surface area contributed by atoms with Crippen LogP contribution in [0.15, 0.2) is 6.07 Å². The number of nitrogens with two attached hydrogens (primary N) is 1. The summed E-state index contributed by atoms with van der Waals surface area (Å²) in [6.45, 7) is 0. The maximum atomic E-state index is 10.8. The van der Waals surface area contributed by atoms with E-state index in [1.54, 1.807) is 0 Å². The van der Waals surface area contributed by atoms with Gasteiger partial charge in [0, 0.05) is 17.2 Å². The molecule has 0 unspecified atom stereocenters. The molecule has 100 valence electrons. The van der Waals surface area contributed by atoms with Crippen LogP contribution in [0, 0.1) is 0 Å². The van der Waals surface area contributed by atoms with Crippen molar-refractivity contribution in [3.8, 4) is 11.5 Å². The zero-order valence-electron chi connectivity index (χ0n) is 9.80. The zero-order valence-corrected chi connectivity index (χ0v) is 10.7. The van der Waals surface area contributed by atoms with Gasteiger partial charge in [-0.1, -0.05) is 0 Å². The van der Waals surface area contributed by atoms with Crippen molar-refractivity contribution in [2.75, 3.05) is 12.1 Å². The third-order valence-corrected chi connectivity index (χ3v) is 3.46. The number of phenols is 1. The van der Waals surface area contributed by atoms with E-state index in [0.717, 1.165) is 30.4 Å². The Morgan fingerprint density at radius 2 is 1.89 bits per heavy atom. The number of hydrogen-bond donors (Lipinski definition) is 4. The lowest BCUT2D eigenvalue weighted by Crippen LogP contribution is -2.09. The number of aromatic hydroxyl groups is 1. The molecule has 0 aliphatic heterocycles. The molecule has 0 saturated heterocycles. The van der Waals surface area contributed by atoms with E-state index in [0.29, 0.717) is 12.2 Å². The average Bonchev–Trinajstić information content (AvgIpc) is 2.31. The van der Waals surface area contributed by atoms with E-state index < -0.39 is 13.9 Å². The molecule has 1 aromatic rings. The Balaban J connectivity index is 2.35. The van der Waals surface area contributed by atoms with Crippen molar-refractivity contribution < 1.29 is 24.2 Å². The summed E-state index contributed by atoms with van der Waals surface area (Å²) in [4.78, 5) is 17.6. The van der Waals surface area contributed by atoms with Crippen LogP contribution in [-0.4, -0.2) is 21.2 Å². The summed E-state index contributed by atoms with van der Waals surface area (Å²) in [5.41, 5.74) is 7.38. The number of anilines is 1. The first-order valence-corrected chi connectivity index (χ1v) is 7.49. The quantitative estimate of drug-likeness (QED) is 0.376. The second kappa shape index (κ2) is 4.80. The van der Waals surface area contributed by atoms with Crippen molar-refractivity contribution in [3.05, 3.63) is 17.2 Å². The summed E-state index contributed by atoms with van der Waals surface area (Å²) >= 11 is 0. The smallest absolute Gasteiger partial charge is 0.362 e. The summed E-state index contributed by atoms with van der Waals surface area (Å²) < 4.78 is 16.0. The molecule has 7 heteroatoms. The van der Waals surface area contributed by atoms with Gasteiger partial charge in [0.2, 0.25) is 0 Å². The van der Waals surface area contributed by atoms with Crippen LogP contribution in [0.1, 0.15) is 24.0 Å². The third kappa shape index (κ3) is 2.77. The first-order chi connectivity index (χ1) is 8.38. The Morgan fingerprint density at radius 1 is 1.28 bits per heavy atom. The molecule has 0 spiro atoms. The number of ether oxygens (including phenoxy) is 1. The van der Waals surface area contributed by atoms with E-state index in [9.17, 15) is 9.67 Å². The standard InChI is InChI=1S/C11H16NO5P/c12-9-5-10(17-6-18(14,15)16)7-3-1-2-4-8(7)11(9)13/h5,13H,1-4,6,12H2,(H2,14,15,16). The Bertz CT molecular complexity index is 511. The zero-order chi connectivity index (χ0) is 13.3. The first kappa shape index (κ1) is 13.2. The van der Waals surface area contributed by atoms with Gasteiger partial charge >= 0.3 is 7.60 Å². The van der Waals surface area contributed by atoms with E-state index in [4.69, 9.17) is 20.3 Å². The maximum Gasteiger partial charge on any atom is 0.362 e. The minimum atomic E-state index is -4.22. The normalized spacial score (nSPS) is 15.2. The number of hydrogen-bond acceptors (Lipinski definition) is 4. The Morgan fingerprint density at radius 3 is 2.50 bits per heavy atom. The van der Waals surface area contributed by atoms with Gasteiger partial charge in [0.05, 0.1) is 5.69 Å². The minimum Gasteiger partial charge on any atom is -0.505 e. The van der Waals surface area contributed by atoms with E-state index in [-0.39, 0.29) is 11.4 Å². The molecule has 18 heavy (non-hydrogen) atoms. The largest absolute Gasteiger partial charge is 0.505 e. The van der Waals surface area contributed by atoms with Gasteiger partial charge < -0.3 is 25.4 Å². The SMILES string of the molecule is Nc1cc(OCP(=O)(O)O)c2c(c1O)CCCC2. The highest BCUT2D eigenvalue weighted by atomic mass is 31.2. The van der Waals surface area contributed by atoms with Gasteiger partial charge in [-0.3, -0.25) is 4.57 Å². The van der Waals surface area contributed by atoms with Crippen LogP contribution in [0.5, 0.6) is 11.5 Å². The fourth-order valence-electron chi connectivity index (χ4n) is 2.19. The maximum absolute atomic E-state index is 10.8. The predicted octanol–water partition coefficient (Wildman–Crippen LogP) is 1.37. The molecule has 0 heterocycles. The highest BCUT2D eigenvalue weighted by molar-refractivity contribution is 7.51. The van der Waals surface area contributed by atoms with Gasteiger partial charge in [-0.2, -0.15) is 0 Å². The number of fused-ring (bicyclic) bond motifs is 1. The van der Waals surface area contributed by atoms with Crippen LogP contribution in [0.25, 0.3) is 0 Å². The van der Waals surface area contributed by atoms with Gasteiger partial charge in [0.25, 0.3) is 0 Å². The molecule has 0 fully saturated rings. The molecule has 0 atom stereocenters. The van der Waals surface area contributed by atoms with Gasteiger partial charge in [0.1, 0.15) is 11.5 Å². The third-order valence-electron chi connectivity index (χ3n) is 3.00. The van der Waals surface area contributed by atoms with Crippen molar-refractivity contribution in [1.82, 2.24) is 0 Å².